The molecule has 0 aliphatic rings. The zero-order chi connectivity index (χ0) is 36.6. The number of hydrogen-bond donors (Lipinski definition) is 0. The molecule has 2 heterocycles. The van der Waals surface area contributed by atoms with Gasteiger partial charge in [-0.3, -0.25) is 4.57 Å². The minimum atomic E-state index is 0.565. The summed E-state index contributed by atoms with van der Waals surface area (Å²) in [7, 11) is 0. The smallest absolute Gasteiger partial charge is 0.238 e. The summed E-state index contributed by atoms with van der Waals surface area (Å²) in [5.41, 5.74) is 12.8. The molecule has 8 aromatic carbocycles. The molecule has 4 nitrogen and oxygen atoms in total. The van der Waals surface area contributed by atoms with Crippen molar-refractivity contribution in [3.8, 4) is 73.2 Å². The molecule has 0 saturated heterocycles. The summed E-state index contributed by atoms with van der Waals surface area (Å²) in [4.78, 5) is 16.1. The van der Waals surface area contributed by atoms with Gasteiger partial charge in [-0.25, -0.2) is 4.98 Å². The lowest BCUT2D eigenvalue weighted by molar-refractivity contribution is 0.954. The van der Waals surface area contributed by atoms with Gasteiger partial charge in [-0.1, -0.05) is 164 Å². The fourth-order valence-electron chi connectivity index (χ4n) is 7.61. The fraction of sp³-hybridized carbons (Fsp3) is 0. The third kappa shape index (κ3) is 6.06. The highest BCUT2D eigenvalue weighted by Gasteiger charge is 2.20. The van der Waals surface area contributed by atoms with Crippen LogP contribution in [0.3, 0.4) is 0 Å². The Morgan fingerprint density at radius 3 is 1.25 bits per heavy atom. The van der Waals surface area contributed by atoms with Crippen LogP contribution in [-0.4, -0.2) is 19.5 Å². The van der Waals surface area contributed by atoms with Gasteiger partial charge in [0.15, 0.2) is 11.6 Å². The molecule has 10 aromatic rings. The Morgan fingerprint density at radius 2 is 0.709 bits per heavy atom. The Hall–Kier alpha value is -7.43. The van der Waals surface area contributed by atoms with Crippen molar-refractivity contribution in [3.63, 3.8) is 0 Å². The average Bonchev–Trinajstić information content (AvgIpc) is 3.61. The normalized spacial score (nSPS) is 11.3. The highest BCUT2D eigenvalue weighted by molar-refractivity contribution is 6.09. The SMILES string of the molecule is c1ccc(-c2cc(-c3ccccc3)cc(-c3nc(-c4ccc(-c5ccccc5)cc4-c4ccccc4)nc(-n4c5ccccc5c5ccccc54)n3)c2)cc1. The number of hydrogen-bond acceptors (Lipinski definition) is 3. The van der Waals surface area contributed by atoms with Crippen LogP contribution in [0.4, 0.5) is 0 Å². The lowest BCUT2D eigenvalue weighted by Gasteiger charge is -2.16. The van der Waals surface area contributed by atoms with Gasteiger partial charge in [0.05, 0.1) is 11.0 Å². The lowest BCUT2D eigenvalue weighted by Crippen LogP contribution is -2.07. The quantitative estimate of drug-likeness (QED) is 0.166. The van der Waals surface area contributed by atoms with Gasteiger partial charge < -0.3 is 0 Å². The van der Waals surface area contributed by atoms with Crippen molar-refractivity contribution < 1.29 is 0 Å². The zero-order valence-corrected chi connectivity index (χ0v) is 29.9. The van der Waals surface area contributed by atoms with Gasteiger partial charge in [0.2, 0.25) is 5.95 Å². The molecular formula is C51H34N4. The van der Waals surface area contributed by atoms with Crippen LogP contribution in [0.5, 0.6) is 0 Å². The Morgan fingerprint density at radius 1 is 0.273 bits per heavy atom. The molecule has 2 aromatic heterocycles. The van der Waals surface area contributed by atoms with Crippen LogP contribution in [0.15, 0.2) is 206 Å². The first-order valence-corrected chi connectivity index (χ1v) is 18.5. The first-order chi connectivity index (χ1) is 27.3. The second-order valence-corrected chi connectivity index (χ2v) is 13.7. The fourth-order valence-corrected chi connectivity index (χ4v) is 7.61. The maximum atomic E-state index is 5.37. The van der Waals surface area contributed by atoms with Gasteiger partial charge in [-0.05, 0) is 87.0 Å². The topological polar surface area (TPSA) is 43.6 Å². The molecule has 55 heavy (non-hydrogen) atoms. The van der Waals surface area contributed by atoms with E-state index in [1.165, 1.54) is 0 Å². The summed E-state index contributed by atoms with van der Waals surface area (Å²) in [6.45, 7) is 0. The number of para-hydroxylation sites is 2. The third-order valence-electron chi connectivity index (χ3n) is 10.3. The van der Waals surface area contributed by atoms with Crippen molar-refractivity contribution >= 4 is 21.8 Å². The van der Waals surface area contributed by atoms with Crippen molar-refractivity contribution in [1.29, 1.82) is 0 Å². The van der Waals surface area contributed by atoms with Crippen LogP contribution in [0.2, 0.25) is 0 Å². The minimum Gasteiger partial charge on any atom is -0.278 e. The number of nitrogens with zero attached hydrogens (tertiary/aromatic N) is 4. The van der Waals surface area contributed by atoms with Gasteiger partial charge >= 0.3 is 0 Å². The van der Waals surface area contributed by atoms with E-state index >= 15 is 0 Å². The molecule has 0 aliphatic heterocycles. The highest BCUT2D eigenvalue weighted by atomic mass is 15.2. The molecule has 0 atom stereocenters. The predicted octanol–water partition coefficient (Wildman–Crippen LogP) is 13.0. The zero-order valence-electron chi connectivity index (χ0n) is 29.9. The van der Waals surface area contributed by atoms with Crippen LogP contribution in [0, 0.1) is 0 Å². The Kier molecular flexibility index (Phi) is 8.12. The van der Waals surface area contributed by atoms with E-state index in [1.807, 2.05) is 0 Å². The van der Waals surface area contributed by atoms with E-state index in [4.69, 9.17) is 15.0 Å². The predicted molar refractivity (Wildman–Crippen MR) is 227 cm³/mol. The summed E-state index contributed by atoms with van der Waals surface area (Å²) >= 11 is 0. The molecule has 0 bridgehead atoms. The molecule has 0 aliphatic carbocycles. The van der Waals surface area contributed by atoms with Crippen LogP contribution in [-0.2, 0) is 0 Å². The van der Waals surface area contributed by atoms with Gasteiger partial charge in [0.1, 0.15) is 0 Å². The van der Waals surface area contributed by atoms with Gasteiger partial charge in [0.25, 0.3) is 0 Å². The first-order valence-electron chi connectivity index (χ1n) is 18.5. The molecule has 0 fully saturated rings. The van der Waals surface area contributed by atoms with Crippen molar-refractivity contribution in [3.05, 3.63) is 206 Å². The second kappa shape index (κ2) is 13.8. The Balaban J connectivity index is 1.27. The summed E-state index contributed by atoms with van der Waals surface area (Å²) in [6, 6.07) is 72.2. The van der Waals surface area contributed by atoms with Crippen molar-refractivity contribution in [2.75, 3.05) is 0 Å². The third-order valence-corrected chi connectivity index (χ3v) is 10.3. The summed E-state index contributed by atoms with van der Waals surface area (Å²) in [5.74, 6) is 1.77. The van der Waals surface area contributed by atoms with Gasteiger partial charge in [-0.15, -0.1) is 0 Å². The molecule has 0 unspecified atom stereocenters. The van der Waals surface area contributed by atoms with Crippen molar-refractivity contribution in [1.82, 2.24) is 19.5 Å². The molecule has 10 rings (SSSR count). The van der Waals surface area contributed by atoms with E-state index < -0.39 is 0 Å². The molecular weight excluding hydrogens is 669 g/mol. The lowest BCUT2D eigenvalue weighted by atomic mass is 9.94. The summed E-state index contributed by atoms with van der Waals surface area (Å²) < 4.78 is 2.18. The van der Waals surface area contributed by atoms with Crippen molar-refractivity contribution in [2.45, 2.75) is 0 Å². The van der Waals surface area contributed by atoms with Crippen LogP contribution in [0.1, 0.15) is 0 Å². The van der Waals surface area contributed by atoms with Crippen LogP contribution >= 0.6 is 0 Å². The first kappa shape index (κ1) is 32.2. The van der Waals surface area contributed by atoms with Crippen LogP contribution in [0.25, 0.3) is 95.0 Å². The Labute approximate surface area is 319 Å². The summed E-state index contributed by atoms with van der Waals surface area (Å²) in [5, 5.41) is 2.30. The number of benzene rings is 8. The maximum Gasteiger partial charge on any atom is 0.238 e. The van der Waals surface area contributed by atoms with Gasteiger partial charge in [0, 0.05) is 21.9 Å². The summed E-state index contributed by atoms with van der Waals surface area (Å²) in [6.07, 6.45) is 0. The van der Waals surface area contributed by atoms with E-state index in [-0.39, 0.29) is 0 Å². The average molecular weight is 703 g/mol. The molecule has 0 saturated carbocycles. The maximum absolute atomic E-state index is 5.37. The second-order valence-electron chi connectivity index (χ2n) is 13.7. The molecule has 0 N–H and O–H groups in total. The Bertz CT molecular complexity index is 2840. The molecule has 0 spiro atoms. The van der Waals surface area contributed by atoms with E-state index in [9.17, 15) is 0 Å². The number of fused-ring (bicyclic) bond motifs is 3. The van der Waals surface area contributed by atoms with E-state index in [0.29, 0.717) is 17.6 Å². The highest BCUT2D eigenvalue weighted by Crippen LogP contribution is 2.38. The molecule has 0 radical (unpaired) electrons. The number of aromatic nitrogens is 4. The molecule has 4 heteroatoms. The molecule has 0 amide bonds. The van der Waals surface area contributed by atoms with E-state index in [2.05, 4.69) is 211 Å². The number of rotatable bonds is 7. The van der Waals surface area contributed by atoms with Gasteiger partial charge in [-0.2, -0.15) is 9.97 Å². The minimum absolute atomic E-state index is 0.565. The van der Waals surface area contributed by atoms with E-state index in [1.54, 1.807) is 0 Å². The standard InChI is InChI=1S/C51H34N4/c1-5-17-35(18-6-1)39-29-30-45(46(34-39)38-23-11-4-12-24-38)50-52-49(53-51(54-50)55-47-27-15-13-25-43(47)44-26-14-16-28-48(44)55)42-32-40(36-19-7-2-8-20-36)31-41(33-42)37-21-9-3-10-22-37/h1-34H. The molecule has 258 valence electrons. The van der Waals surface area contributed by atoms with Crippen LogP contribution < -0.4 is 0 Å². The van der Waals surface area contributed by atoms with E-state index in [0.717, 1.165) is 77.4 Å². The monoisotopic (exact) mass is 702 g/mol. The van der Waals surface area contributed by atoms with Crippen molar-refractivity contribution in [2.24, 2.45) is 0 Å². The largest absolute Gasteiger partial charge is 0.278 e.